The lowest BCUT2D eigenvalue weighted by Crippen LogP contribution is -2.37. The standard InChI is InChI=1S/C14H19BrClNO3S/c1-17-8-3-2-4-11(17)7-9-20-14-6-5-12(10-13(14)15)21(16,18)19/h5-6,10-11H,2-4,7-9H2,1H3. The van der Waals surface area contributed by atoms with Gasteiger partial charge >= 0.3 is 0 Å². The molecule has 4 nitrogen and oxygen atoms in total. The van der Waals surface area contributed by atoms with Crippen molar-refractivity contribution in [2.75, 3.05) is 20.2 Å². The predicted molar refractivity (Wildman–Crippen MR) is 87.6 cm³/mol. The number of hydrogen-bond acceptors (Lipinski definition) is 4. The first-order chi connectivity index (χ1) is 9.88. The average Bonchev–Trinajstić information content (AvgIpc) is 2.41. The van der Waals surface area contributed by atoms with Gasteiger partial charge < -0.3 is 9.64 Å². The van der Waals surface area contributed by atoms with E-state index in [1.165, 1.54) is 31.4 Å². The summed E-state index contributed by atoms with van der Waals surface area (Å²) in [5.74, 6) is 0.637. The quantitative estimate of drug-likeness (QED) is 0.713. The molecule has 1 unspecified atom stereocenters. The second-order valence-electron chi connectivity index (χ2n) is 5.30. The Morgan fingerprint density at radius 2 is 2.19 bits per heavy atom. The van der Waals surface area contributed by atoms with Gasteiger partial charge in [-0.2, -0.15) is 0 Å². The first kappa shape index (κ1) is 17.1. The lowest BCUT2D eigenvalue weighted by atomic mass is 10.0. The molecular weight excluding hydrogens is 378 g/mol. The number of piperidine rings is 1. The Bertz CT molecular complexity index is 594. The zero-order valence-corrected chi connectivity index (χ0v) is 15.0. The number of benzene rings is 1. The summed E-state index contributed by atoms with van der Waals surface area (Å²) in [4.78, 5) is 2.45. The molecule has 0 radical (unpaired) electrons. The van der Waals surface area contributed by atoms with Crippen molar-refractivity contribution in [3.8, 4) is 5.75 Å². The van der Waals surface area contributed by atoms with Crippen LogP contribution in [0, 0.1) is 0 Å². The molecule has 1 aromatic carbocycles. The summed E-state index contributed by atoms with van der Waals surface area (Å²) in [7, 11) is 3.76. The van der Waals surface area contributed by atoms with Crippen LogP contribution in [0.2, 0.25) is 0 Å². The van der Waals surface area contributed by atoms with Crippen molar-refractivity contribution < 1.29 is 13.2 Å². The molecular formula is C14H19BrClNO3S. The number of nitrogens with zero attached hydrogens (tertiary/aromatic N) is 1. The van der Waals surface area contributed by atoms with Gasteiger partial charge in [0.2, 0.25) is 0 Å². The van der Waals surface area contributed by atoms with Crippen molar-refractivity contribution in [3.63, 3.8) is 0 Å². The van der Waals surface area contributed by atoms with Gasteiger partial charge in [0.1, 0.15) is 5.75 Å². The molecule has 118 valence electrons. The highest BCUT2D eigenvalue weighted by Crippen LogP contribution is 2.29. The Hall–Kier alpha value is -0.300. The van der Waals surface area contributed by atoms with Crippen LogP contribution in [0.25, 0.3) is 0 Å². The van der Waals surface area contributed by atoms with Crippen molar-refractivity contribution in [2.45, 2.75) is 36.6 Å². The lowest BCUT2D eigenvalue weighted by molar-refractivity contribution is 0.153. The normalized spacial score (nSPS) is 20.4. The first-order valence-corrected chi connectivity index (χ1v) is 10.1. The summed E-state index contributed by atoms with van der Waals surface area (Å²) in [6, 6.07) is 5.11. The van der Waals surface area contributed by atoms with Crippen LogP contribution >= 0.6 is 26.6 Å². The number of likely N-dealkylation sites (tertiary alicyclic amines) is 1. The summed E-state index contributed by atoms with van der Waals surface area (Å²) in [5.41, 5.74) is 0. The fourth-order valence-electron chi connectivity index (χ4n) is 2.56. The van der Waals surface area contributed by atoms with Gasteiger partial charge in [-0.15, -0.1) is 0 Å². The van der Waals surface area contributed by atoms with E-state index < -0.39 is 9.05 Å². The van der Waals surface area contributed by atoms with E-state index in [1.54, 1.807) is 6.07 Å². The van der Waals surface area contributed by atoms with Crippen molar-refractivity contribution in [3.05, 3.63) is 22.7 Å². The van der Waals surface area contributed by atoms with Gasteiger partial charge in [-0.25, -0.2) is 8.42 Å². The van der Waals surface area contributed by atoms with E-state index in [0.29, 0.717) is 22.9 Å². The maximum Gasteiger partial charge on any atom is 0.261 e. The molecule has 0 N–H and O–H groups in total. The molecule has 2 rings (SSSR count). The van der Waals surface area contributed by atoms with Crippen molar-refractivity contribution >= 4 is 35.7 Å². The van der Waals surface area contributed by atoms with Crippen LogP contribution in [0.3, 0.4) is 0 Å². The molecule has 1 atom stereocenters. The van der Waals surface area contributed by atoms with Gasteiger partial charge in [0.05, 0.1) is 16.0 Å². The van der Waals surface area contributed by atoms with Gasteiger partial charge in [0.25, 0.3) is 9.05 Å². The van der Waals surface area contributed by atoms with Gasteiger partial charge in [0, 0.05) is 16.7 Å². The van der Waals surface area contributed by atoms with E-state index in [2.05, 4.69) is 27.9 Å². The van der Waals surface area contributed by atoms with Crippen LogP contribution in [0.5, 0.6) is 5.75 Å². The van der Waals surface area contributed by atoms with Crippen LogP contribution in [0.15, 0.2) is 27.6 Å². The SMILES string of the molecule is CN1CCCCC1CCOc1ccc(S(=O)(=O)Cl)cc1Br. The Balaban J connectivity index is 1.91. The highest BCUT2D eigenvalue weighted by Gasteiger charge is 2.19. The molecule has 1 aliphatic heterocycles. The summed E-state index contributed by atoms with van der Waals surface area (Å²) < 4.78 is 28.8. The van der Waals surface area contributed by atoms with E-state index in [-0.39, 0.29) is 4.90 Å². The number of rotatable bonds is 5. The minimum atomic E-state index is -3.71. The van der Waals surface area contributed by atoms with Crippen LogP contribution in [-0.4, -0.2) is 39.6 Å². The van der Waals surface area contributed by atoms with Crippen LogP contribution < -0.4 is 4.74 Å². The largest absolute Gasteiger partial charge is 0.492 e. The van der Waals surface area contributed by atoms with E-state index >= 15 is 0 Å². The number of halogens is 2. The minimum absolute atomic E-state index is 0.0652. The molecule has 1 saturated heterocycles. The molecule has 0 aromatic heterocycles. The Labute approximate surface area is 139 Å². The smallest absolute Gasteiger partial charge is 0.261 e. The topological polar surface area (TPSA) is 46.6 Å². The van der Waals surface area contributed by atoms with Crippen LogP contribution in [0.4, 0.5) is 0 Å². The molecule has 0 saturated carbocycles. The summed E-state index contributed by atoms with van der Waals surface area (Å²) in [5, 5.41) is 0. The van der Waals surface area contributed by atoms with Crippen LogP contribution in [0.1, 0.15) is 25.7 Å². The molecule has 0 aliphatic carbocycles. The van der Waals surface area contributed by atoms with Gasteiger partial charge in [-0.3, -0.25) is 0 Å². The number of hydrogen-bond donors (Lipinski definition) is 0. The van der Waals surface area contributed by atoms with Gasteiger partial charge in [-0.05, 0) is 67.0 Å². The second-order valence-corrected chi connectivity index (χ2v) is 8.72. The highest BCUT2D eigenvalue weighted by molar-refractivity contribution is 9.10. The summed E-state index contributed by atoms with van der Waals surface area (Å²) in [6.07, 6.45) is 4.73. The van der Waals surface area contributed by atoms with E-state index in [4.69, 9.17) is 15.4 Å². The van der Waals surface area contributed by atoms with E-state index in [0.717, 1.165) is 13.0 Å². The van der Waals surface area contributed by atoms with Crippen molar-refractivity contribution in [2.24, 2.45) is 0 Å². The third kappa shape index (κ3) is 4.84. The Kier molecular flexibility index (Phi) is 5.94. The molecule has 1 heterocycles. The van der Waals surface area contributed by atoms with E-state index in [9.17, 15) is 8.42 Å². The zero-order valence-electron chi connectivity index (χ0n) is 11.9. The zero-order chi connectivity index (χ0) is 15.5. The monoisotopic (exact) mass is 395 g/mol. The third-order valence-corrected chi connectivity index (χ3v) is 5.79. The highest BCUT2D eigenvalue weighted by atomic mass is 79.9. The lowest BCUT2D eigenvalue weighted by Gasteiger charge is -2.32. The van der Waals surface area contributed by atoms with Gasteiger partial charge in [-0.1, -0.05) is 6.42 Å². The first-order valence-electron chi connectivity index (χ1n) is 6.95. The second kappa shape index (κ2) is 7.31. The van der Waals surface area contributed by atoms with Gasteiger partial charge in [0.15, 0.2) is 0 Å². The maximum absolute atomic E-state index is 11.3. The molecule has 0 spiro atoms. The van der Waals surface area contributed by atoms with E-state index in [1.807, 2.05) is 0 Å². The molecule has 1 fully saturated rings. The van der Waals surface area contributed by atoms with Crippen molar-refractivity contribution in [1.29, 1.82) is 0 Å². The fourth-order valence-corrected chi connectivity index (χ4v) is 3.99. The average molecular weight is 397 g/mol. The molecule has 0 amide bonds. The molecule has 0 bridgehead atoms. The summed E-state index contributed by atoms with van der Waals surface area (Å²) >= 11 is 3.32. The minimum Gasteiger partial charge on any atom is -0.492 e. The number of ether oxygens (including phenoxy) is 1. The Morgan fingerprint density at radius 1 is 1.43 bits per heavy atom. The summed E-state index contributed by atoms with van der Waals surface area (Å²) in [6.45, 7) is 1.76. The predicted octanol–water partition coefficient (Wildman–Crippen LogP) is 3.63. The molecule has 1 aromatic rings. The fraction of sp³-hybridized carbons (Fsp3) is 0.571. The van der Waals surface area contributed by atoms with Crippen LogP contribution in [-0.2, 0) is 9.05 Å². The molecule has 21 heavy (non-hydrogen) atoms. The Morgan fingerprint density at radius 3 is 2.81 bits per heavy atom. The maximum atomic E-state index is 11.3. The molecule has 1 aliphatic rings. The molecule has 7 heteroatoms. The third-order valence-electron chi connectivity index (χ3n) is 3.82. The van der Waals surface area contributed by atoms with Crippen molar-refractivity contribution in [1.82, 2.24) is 4.90 Å².